The largest absolute Gasteiger partial charge is 0.381 e. The van der Waals surface area contributed by atoms with Crippen LogP contribution in [0.4, 0.5) is 0 Å². The van der Waals surface area contributed by atoms with E-state index in [0.717, 1.165) is 44.9 Å². The highest BCUT2D eigenvalue weighted by Crippen LogP contribution is 2.32. The number of hydrogen-bond donors (Lipinski definition) is 0. The van der Waals surface area contributed by atoms with Crippen molar-refractivity contribution in [2.45, 2.75) is 75.1 Å². The Morgan fingerprint density at radius 2 is 1.63 bits per heavy atom. The van der Waals surface area contributed by atoms with Crippen LogP contribution >= 0.6 is 15.9 Å². The zero-order valence-corrected chi connectivity index (χ0v) is 18.2. The van der Waals surface area contributed by atoms with Crippen molar-refractivity contribution in [2.75, 3.05) is 20.2 Å². The zero-order chi connectivity index (χ0) is 19.2. The number of halogens is 1. The molecule has 3 aliphatic rings. The predicted molar refractivity (Wildman–Crippen MR) is 111 cm³/mol. The molecule has 0 spiro atoms. The number of nitrogens with zero attached hydrogens (tertiary/aromatic N) is 1. The van der Waals surface area contributed by atoms with Crippen molar-refractivity contribution < 1.29 is 14.3 Å². The van der Waals surface area contributed by atoms with Crippen molar-refractivity contribution in [1.82, 2.24) is 4.90 Å². The van der Waals surface area contributed by atoms with Crippen LogP contribution in [0.3, 0.4) is 0 Å². The lowest BCUT2D eigenvalue weighted by Crippen LogP contribution is -2.41. The van der Waals surface area contributed by atoms with Gasteiger partial charge in [-0.25, -0.2) is 0 Å². The fraction of sp³-hybridized carbons (Fsp3) is 0.818. The number of alkyl halides is 1. The number of piperidine rings is 1. The number of hydrogen-bond acceptors (Lipinski definition) is 3. The molecule has 3 fully saturated rings. The van der Waals surface area contributed by atoms with Crippen LogP contribution < -0.4 is 0 Å². The van der Waals surface area contributed by atoms with Gasteiger partial charge in [0.1, 0.15) is 5.78 Å². The lowest BCUT2D eigenvalue weighted by atomic mass is 9.78. The second-order valence-corrected chi connectivity index (χ2v) is 9.84. The molecule has 0 aromatic rings. The Morgan fingerprint density at radius 3 is 2.30 bits per heavy atom. The SMILES string of the molecule is COC1CCC(Br)CC1/C=C/C(=O)N1CCC(C(=O)C2CCCCC2)CC1. The third-order valence-electron chi connectivity index (χ3n) is 6.78. The van der Waals surface area contributed by atoms with Crippen molar-refractivity contribution in [3.63, 3.8) is 0 Å². The highest BCUT2D eigenvalue weighted by Gasteiger charge is 2.32. The van der Waals surface area contributed by atoms with Gasteiger partial charge in [-0.1, -0.05) is 41.3 Å². The van der Waals surface area contributed by atoms with Crippen molar-refractivity contribution in [1.29, 1.82) is 0 Å². The van der Waals surface area contributed by atoms with Gasteiger partial charge in [-0.2, -0.15) is 0 Å². The summed E-state index contributed by atoms with van der Waals surface area (Å²) in [5.74, 6) is 1.32. The summed E-state index contributed by atoms with van der Waals surface area (Å²) in [6.07, 6.45) is 14.7. The molecule has 2 aliphatic carbocycles. The minimum absolute atomic E-state index is 0.0881. The Labute approximate surface area is 172 Å². The number of carbonyl (C=O) groups excluding carboxylic acids is 2. The molecule has 3 atom stereocenters. The fourth-order valence-electron chi connectivity index (χ4n) is 5.04. The predicted octanol–water partition coefficient (Wildman–Crippen LogP) is 4.51. The molecular weight excluding hydrogens is 406 g/mol. The number of likely N-dealkylation sites (tertiary alicyclic amines) is 1. The third kappa shape index (κ3) is 5.66. The van der Waals surface area contributed by atoms with Gasteiger partial charge < -0.3 is 9.64 Å². The molecule has 4 nitrogen and oxygen atoms in total. The van der Waals surface area contributed by atoms with Gasteiger partial charge in [0.2, 0.25) is 5.91 Å². The van der Waals surface area contributed by atoms with Crippen molar-refractivity contribution in [3.05, 3.63) is 12.2 Å². The smallest absolute Gasteiger partial charge is 0.246 e. The molecule has 0 aromatic carbocycles. The Kier molecular flexibility index (Phi) is 7.95. The maximum atomic E-state index is 12.7. The maximum Gasteiger partial charge on any atom is 0.246 e. The summed E-state index contributed by atoms with van der Waals surface area (Å²) >= 11 is 3.71. The summed E-state index contributed by atoms with van der Waals surface area (Å²) in [4.78, 5) is 27.7. The van der Waals surface area contributed by atoms with E-state index in [2.05, 4.69) is 15.9 Å². The number of carbonyl (C=O) groups is 2. The first-order valence-electron chi connectivity index (χ1n) is 10.8. The molecule has 5 heteroatoms. The third-order valence-corrected chi connectivity index (χ3v) is 7.61. The van der Waals surface area contributed by atoms with Crippen LogP contribution in [-0.2, 0) is 14.3 Å². The number of amides is 1. The summed E-state index contributed by atoms with van der Waals surface area (Å²) in [7, 11) is 1.76. The Hall–Kier alpha value is -0.680. The first kappa shape index (κ1) is 21.0. The Balaban J connectivity index is 1.47. The Morgan fingerprint density at radius 1 is 0.963 bits per heavy atom. The first-order valence-corrected chi connectivity index (χ1v) is 11.7. The number of ketones is 1. The van der Waals surface area contributed by atoms with Crippen LogP contribution in [0.2, 0.25) is 0 Å². The summed E-state index contributed by atoms with van der Waals surface area (Å²) in [5, 5.41) is 0. The molecule has 27 heavy (non-hydrogen) atoms. The monoisotopic (exact) mass is 439 g/mol. The maximum absolute atomic E-state index is 12.7. The highest BCUT2D eigenvalue weighted by molar-refractivity contribution is 9.09. The van der Waals surface area contributed by atoms with Crippen LogP contribution in [0.15, 0.2) is 12.2 Å². The van der Waals surface area contributed by atoms with E-state index in [1.807, 2.05) is 11.0 Å². The van der Waals surface area contributed by atoms with Gasteiger partial charge in [-0.3, -0.25) is 9.59 Å². The van der Waals surface area contributed by atoms with Gasteiger partial charge in [0, 0.05) is 42.8 Å². The van der Waals surface area contributed by atoms with Gasteiger partial charge in [-0.05, 0) is 51.0 Å². The number of methoxy groups -OCH3 is 1. The Bertz CT molecular complexity index is 536. The molecule has 0 N–H and O–H groups in total. The van der Waals surface area contributed by atoms with Gasteiger partial charge >= 0.3 is 0 Å². The van der Waals surface area contributed by atoms with E-state index in [9.17, 15) is 9.59 Å². The van der Waals surface area contributed by atoms with Crippen LogP contribution in [0.5, 0.6) is 0 Å². The van der Waals surface area contributed by atoms with Crippen LogP contribution in [0, 0.1) is 17.8 Å². The summed E-state index contributed by atoms with van der Waals surface area (Å²) < 4.78 is 5.59. The zero-order valence-electron chi connectivity index (χ0n) is 16.6. The average molecular weight is 440 g/mol. The van der Waals surface area contributed by atoms with Gasteiger partial charge in [-0.15, -0.1) is 0 Å². The van der Waals surface area contributed by atoms with Gasteiger partial charge in [0.05, 0.1) is 6.10 Å². The topological polar surface area (TPSA) is 46.6 Å². The van der Waals surface area contributed by atoms with Crippen molar-refractivity contribution in [3.8, 4) is 0 Å². The molecule has 0 radical (unpaired) electrons. The lowest BCUT2D eigenvalue weighted by Gasteiger charge is -2.33. The van der Waals surface area contributed by atoms with E-state index < -0.39 is 0 Å². The summed E-state index contributed by atoms with van der Waals surface area (Å²) in [5.41, 5.74) is 0. The van der Waals surface area contributed by atoms with E-state index >= 15 is 0 Å². The van der Waals surface area contributed by atoms with E-state index in [1.165, 1.54) is 19.3 Å². The molecule has 3 rings (SSSR count). The molecule has 0 aromatic heterocycles. The van der Waals surface area contributed by atoms with E-state index in [0.29, 0.717) is 35.5 Å². The number of ether oxygens (including phenoxy) is 1. The summed E-state index contributed by atoms with van der Waals surface area (Å²) in [6, 6.07) is 0. The summed E-state index contributed by atoms with van der Waals surface area (Å²) in [6.45, 7) is 1.43. The molecular formula is C22H34BrNO3. The van der Waals surface area contributed by atoms with Crippen LogP contribution in [0.1, 0.15) is 64.2 Å². The molecule has 152 valence electrons. The fourth-order valence-corrected chi connectivity index (χ4v) is 5.73. The molecule has 1 amide bonds. The molecule has 3 unspecified atom stereocenters. The minimum atomic E-state index is 0.0881. The lowest BCUT2D eigenvalue weighted by molar-refractivity contribution is -0.133. The first-order chi connectivity index (χ1) is 13.1. The minimum Gasteiger partial charge on any atom is -0.381 e. The van der Waals surface area contributed by atoms with Gasteiger partial charge in [0.15, 0.2) is 0 Å². The van der Waals surface area contributed by atoms with Crippen LogP contribution in [0.25, 0.3) is 0 Å². The van der Waals surface area contributed by atoms with Gasteiger partial charge in [0.25, 0.3) is 0 Å². The molecule has 1 aliphatic heterocycles. The van der Waals surface area contributed by atoms with Crippen molar-refractivity contribution in [2.24, 2.45) is 17.8 Å². The standard InChI is InChI=1S/C22H34BrNO3/c1-27-20-9-8-19(23)15-18(20)7-10-21(25)24-13-11-17(12-14-24)22(26)16-5-3-2-4-6-16/h7,10,16-20H,2-6,8-9,11-15H2,1H3/b10-7+. The number of rotatable bonds is 5. The second-order valence-electron chi connectivity index (χ2n) is 8.54. The molecule has 1 heterocycles. The number of Topliss-reactive ketones (excluding diaryl/α,β-unsaturated/α-hetero) is 1. The van der Waals surface area contributed by atoms with E-state index in [-0.39, 0.29) is 17.9 Å². The normalized spacial score (nSPS) is 31.3. The molecule has 0 bridgehead atoms. The van der Waals surface area contributed by atoms with E-state index in [1.54, 1.807) is 13.2 Å². The van der Waals surface area contributed by atoms with E-state index in [4.69, 9.17) is 4.74 Å². The second kappa shape index (κ2) is 10.2. The molecule has 1 saturated heterocycles. The van der Waals surface area contributed by atoms with Crippen molar-refractivity contribution >= 4 is 27.6 Å². The average Bonchev–Trinajstić information content (AvgIpc) is 2.72. The molecule has 2 saturated carbocycles. The highest BCUT2D eigenvalue weighted by atomic mass is 79.9. The van der Waals surface area contributed by atoms with Crippen LogP contribution in [-0.4, -0.2) is 47.7 Å². The quantitative estimate of drug-likeness (QED) is 0.467.